The molecule has 0 radical (unpaired) electrons. The molecule has 0 bridgehead atoms. The van der Waals surface area contributed by atoms with E-state index in [0.29, 0.717) is 21.0 Å². The van der Waals surface area contributed by atoms with E-state index < -0.39 is 0 Å². The Morgan fingerprint density at radius 3 is 2.70 bits per heavy atom. The number of imidazole rings is 1. The van der Waals surface area contributed by atoms with E-state index >= 15 is 0 Å². The summed E-state index contributed by atoms with van der Waals surface area (Å²) in [6, 6.07) is 15.2. The van der Waals surface area contributed by atoms with Gasteiger partial charge in [0.2, 0.25) is 5.43 Å². The summed E-state index contributed by atoms with van der Waals surface area (Å²) in [5, 5.41) is 4.05. The number of benzene rings is 2. The molecule has 0 aliphatic rings. The summed E-state index contributed by atoms with van der Waals surface area (Å²) in [4.78, 5) is 21.3. The SMILES string of the molecule is Cc1cn2c([nH]1)c(-c1nc(-c3ccc(Cl)cc3)cs1)c(=O)c1ccccc12. The minimum Gasteiger partial charge on any atom is -0.343 e. The van der Waals surface area contributed by atoms with Gasteiger partial charge in [-0.15, -0.1) is 11.3 Å². The maximum Gasteiger partial charge on any atom is 0.201 e. The molecule has 1 N–H and O–H groups in total. The van der Waals surface area contributed by atoms with Gasteiger partial charge < -0.3 is 9.38 Å². The van der Waals surface area contributed by atoms with Gasteiger partial charge in [0.15, 0.2) is 0 Å². The van der Waals surface area contributed by atoms with Crippen LogP contribution in [0.1, 0.15) is 5.69 Å². The lowest BCUT2D eigenvalue weighted by molar-refractivity contribution is 1.24. The van der Waals surface area contributed by atoms with Gasteiger partial charge in [0.25, 0.3) is 0 Å². The van der Waals surface area contributed by atoms with Crippen LogP contribution < -0.4 is 5.43 Å². The summed E-state index contributed by atoms with van der Waals surface area (Å²) in [6.45, 7) is 1.98. The smallest absolute Gasteiger partial charge is 0.201 e. The van der Waals surface area contributed by atoms with Crippen molar-refractivity contribution in [2.24, 2.45) is 0 Å². The van der Waals surface area contributed by atoms with Crippen molar-refractivity contribution in [2.45, 2.75) is 6.92 Å². The van der Waals surface area contributed by atoms with Crippen LogP contribution >= 0.6 is 22.9 Å². The number of halogens is 1. The molecule has 2 aromatic carbocycles. The second-order valence-electron chi connectivity index (χ2n) is 6.42. The van der Waals surface area contributed by atoms with Crippen molar-refractivity contribution < 1.29 is 0 Å². The van der Waals surface area contributed by atoms with E-state index in [9.17, 15) is 4.79 Å². The van der Waals surface area contributed by atoms with E-state index in [1.165, 1.54) is 11.3 Å². The Labute approximate surface area is 163 Å². The predicted octanol–water partition coefficient (Wildman–Crippen LogP) is 5.53. The van der Waals surface area contributed by atoms with Gasteiger partial charge >= 0.3 is 0 Å². The summed E-state index contributed by atoms with van der Waals surface area (Å²) in [5.74, 6) is 0. The molecule has 4 nitrogen and oxygen atoms in total. The predicted molar refractivity (Wildman–Crippen MR) is 112 cm³/mol. The first-order valence-electron chi connectivity index (χ1n) is 8.46. The van der Waals surface area contributed by atoms with Gasteiger partial charge in [0.1, 0.15) is 10.7 Å². The van der Waals surface area contributed by atoms with Gasteiger partial charge in [-0.25, -0.2) is 4.98 Å². The minimum absolute atomic E-state index is 0.00976. The molecule has 27 heavy (non-hydrogen) atoms. The molecule has 3 aromatic heterocycles. The highest BCUT2D eigenvalue weighted by atomic mass is 35.5. The maximum absolute atomic E-state index is 13.3. The number of para-hydroxylation sites is 1. The molecule has 0 unspecified atom stereocenters. The number of hydrogen-bond acceptors (Lipinski definition) is 3. The number of hydrogen-bond donors (Lipinski definition) is 1. The lowest BCUT2D eigenvalue weighted by atomic mass is 10.1. The van der Waals surface area contributed by atoms with Gasteiger partial charge in [-0.1, -0.05) is 35.9 Å². The highest BCUT2D eigenvalue weighted by Crippen LogP contribution is 2.31. The van der Waals surface area contributed by atoms with Crippen molar-refractivity contribution >= 4 is 39.5 Å². The van der Waals surface area contributed by atoms with Gasteiger partial charge in [0, 0.05) is 33.2 Å². The molecule has 0 aliphatic heterocycles. The number of H-pyrrole nitrogens is 1. The van der Waals surface area contributed by atoms with Crippen LogP contribution in [0.15, 0.2) is 64.9 Å². The zero-order valence-corrected chi connectivity index (χ0v) is 15.9. The topological polar surface area (TPSA) is 50.2 Å². The Hall–Kier alpha value is -2.89. The largest absolute Gasteiger partial charge is 0.343 e. The van der Waals surface area contributed by atoms with Crippen LogP contribution in [0.3, 0.4) is 0 Å². The zero-order chi connectivity index (χ0) is 18.5. The first kappa shape index (κ1) is 16.3. The number of nitrogens with one attached hydrogen (secondary N) is 1. The average Bonchev–Trinajstić information content (AvgIpc) is 3.30. The molecule has 5 rings (SSSR count). The van der Waals surface area contributed by atoms with Gasteiger partial charge in [0.05, 0.1) is 16.8 Å². The van der Waals surface area contributed by atoms with Crippen molar-refractivity contribution in [3.63, 3.8) is 0 Å². The highest BCUT2D eigenvalue weighted by molar-refractivity contribution is 7.13. The zero-order valence-electron chi connectivity index (χ0n) is 14.4. The lowest BCUT2D eigenvalue weighted by Gasteiger charge is -2.05. The molecular weight excluding hydrogens is 378 g/mol. The molecule has 6 heteroatoms. The molecule has 5 aromatic rings. The van der Waals surface area contributed by atoms with Crippen LogP contribution in [-0.4, -0.2) is 14.4 Å². The molecule has 3 heterocycles. The number of pyridine rings is 1. The average molecular weight is 392 g/mol. The number of nitrogens with zero attached hydrogens (tertiary/aromatic N) is 2. The second-order valence-corrected chi connectivity index (χ2v) is 7.72. The molecule has 0 spiro atoms. The van der Waals surface area contributed by atoms with Crippen LogP contribution in [0.5, 0.6) is 0 Å². The van der Waals surface area contributed by atoms with Crippen molar-refractivity contribution in [1.82, 2.24) is 14.4 Å². The summed E-state index contributed by atoms with van der Waals surface area (Å²) >= 11 is 7.45. The van der Waals surface area contributed by atoms with Crippen molar-refractivity contribution in [3.8, 4) is 21.8 Å². The number of fused-ring (bicyclic) bond motifs is 3. The van der Waals surface area contributed by atoms with Crippen molar-refractivity contribution in [3.05, 3.63) is 81.0 Å². The fourth-order valence-electron chi connectivity index (χ4n) is 3.37. The molecule has 0 saturated carbocycles. The van der Waals surface area contributed by atoms with Gasteiger partial charge in [-0.2, -0.15) is 0 Å². The Kier molecular flexibility index (Phi) is 3.67. The quantitative estimate of drug-likeness (QED) is 0.430. The Morgan fingerprint density at radius 1 is 1.11 bits per heavy atom. The third kappa shape index (κ3) is 2.59. The third-order valence-corrected chi connectivity index (χ3v) is 5.72. The van der Waals surface area contributed by atoms with Crippen molar-refractivity contribution in [2.75, 3.05) is 0 Å². The summed E-state index contributed by atoms with van der Waals surface area (Å²) in [7, 11) is 0. The van der Waals surface area contributed by atoms with Crippen LogP contribution in [0.25, 0.3) is 38.4 Å². The first-order valence-corrected chi connectivity index (χ1v) is 9.72. The third-order valence-electron chi connectivity index (χ3n) is 4.61. The van der Waals surface area contributed by atoms with E-state index in [0.717, 1.165) is 28.1 Å². The molecular formula is C21H14ClN3OS. The molecule has 0 aliphatic carbocycles. The standard InChI is InChI=1S/C21H14ClN3OS/c1-12-10-25-17-5-3-2-4-15(17)19(26)18(20(25)23-12)21-24-16(11-27-21)13-6-8-14(22)9-7-13/h2-11,23H,1H3. The fourth-order valence-corrected chi connectivity index (χ4v) is 4.36. The van der Waals surface area contributed by atoms with Crippen LogP contribution in [0.2, 0.25) is 5.02 Å². The van der Waals surface area contributed by atoms with E-state index in [4.69, 9.17) is 16.6 Å². The molecule has 0 saturated heterocycles. The Bertz CT molecular complexity index is 1360. The fraction of sp³-hybridized carbons (Fsp3) is 0.0476. The lowest BCUT2D eigenvalue weighted by Crippen LogP contribution is -2.09. The highest BCUT2D eigenvalue weighted by Gasteiger charge is 2.18. The normalized spacial score (nSPS) is 11.5. The molecule has 0 fully saturated rings. The van der Waals surface area contributed by atoms with Gasteiger partial charge in [-0.05, 0) is 31.2 Å². The number of aromatic amines is 1. The van der Waals surface area contributed by atoms with E-state index in [1.54, 1.807) is 0 Å². The summed E-state index contributed by atoms with van der Waals surface area (Å²) in [6.07, 6.45) is 2.01. The van der Waals surface area contributed by atoms with Crippen LogP contribution in [0, 0.1) is 6.92 Å². The van der Waals surface area contributed by atoms with E-state index in [2.05, 4.69) is 4.98 Å². The van der Waals surface area contributed by atoms with E-state index in [1.807, 2.05) is 71.4 Å². The van der Waals surface area contributed by atoms with Gasteiger partial charge in [-0.3, -0.25) is 4.79 Å². The van der Waals surface area contributed by atoms with Crippen LogP contribution in [0.4, 0.5) is 0 Å². The number of rotatable bonds is 2. The monoisotopic (exact) mass is 391 g/mol. The van der Waals surface area contributed by atoms with E-state index in [-0.39, 0.29) is 5.43 Å². The summed E-state index contributed by atoms with van der Waals surface area (Å²) in [5.41, 5.74) is 5.05. The van der Waals surface area contributed by atoms with Crippen molar-refractivity contribution in [1.29, 1.82) is 0 Å². The summed E-state index contributed by atoms with van der Waals surface area (Å²) < 4.78 is 2.03. The minimum atomic E-state index is -0.00976. The first-order chi connectivity index (χ1) is 13.1. The number of aromatic nitrogens is 3. The number of thiazole rings is 1. The Morgan fingerprint density at radius 2 is 1.89 bits per heavy atom. The van der Waals surface area contributed by atoms with Crippen LogP contribution in [-0.2, 0) is 0 Å². The second kappa shape index (κ2) is 6.08. The number of aryl methyl sites for hydroxylation is 1. The molecule has 0 atom stereocenters. The maximum atomic E-state index is 13.3. The molecule has 0 amide bonds. The Balaban J connectivity index is 1.79. The molecule has 132 valence electrons.